The van der Waals surface area contributed by atoms with Gasteiger partial charge >= 0.3 is 0 Å². The molecule has 9 atom stereocenters. The lowest BCUT2D eigenvalue weighted by molar-refractivity contribution is -0.306. The van der Waals surface area contributed by atoms with E-state index in [2.05, 4.69) is 0 Å². The summed E-state index contributed by atoms with van der Waals surface area (Å²) in [5, 5.41) is 75.4. The molecule has 1 aliphatic heterocycles. The summed E-state index contributed by atoms with van der Waals surface area (Å²) in [4.78, 5) is 10.3. The van der Waals surface area contributed by atoms with Crippen molar-refractivity contribution in [2.24, 2.45) is 0 Å². The summed E-state index contributed by atoms with van der Waals surface area (Å²) >= 11 is 0. The van der Waals surface area contributed by atoms with E-state index in [1.807, 2.05) is 0 Å². The molecule has 0 aromatic heterocycles. The number of ether oxygens (including phenoxy) is 2. The average Bonchev–Trinajstić information content (AvgIpc) is 2.56. The van der Waals surface area contributed by atoms with Crippen molar-refractivity contribution in [1.82, 2.24) is 0 Å². The maximum absolute atomic E-state index is 10.3. The topological polar surface area (TPSA) is 197 Å². The molecule has 0 amide bonds. The molecule has 0 radical (unpaired) electrons. The van der Waals surface area contributed by atoms with Crippen LogP contribution < -0.4 is 0 Å². The molecule has 1 rings (SSSR count). The van der Waals surface area contributed by atoms with Gasteiger partial charge in [-0.1, -0.05) is 0 Å². The van der Waals surface area contributed by atoms with E-state index >= 15 is 0 Å². The molecule has 0 saturated carbocycles. The van der Waals surface area contributed by atoms with Crippen molar-refractivity contribution in [3.63, 3.8) is 0 Å². The summed E-state index contributed by atoms with van der Waals surface area (Å²) in [6.45, 7) is -1.37. The molecule has 11 nitrogen and oxygen atoms in total. The molecular weight excluding hydrogens is 320 g/mol. The lowest BCUT2D eigenvalue weighted by Gasteiger charge is -2.40. The van der Waals surface area contributed by atoms with E-state index in [9.17, 15) is 35.4 Å². The van der Waals surface area contributed by atoms with Gasteiger partial charge < -0.3 is 55.1 Å². The van der Waals surface area contributed by atoms with Gasteiger partial charge in [-0.05, 0) is 0 Å². The zero-order valence-corrected chi connectivity index (χ0v) is 12.0. The second-order valence-electron chi connectivity index (χ2n) is 5.21. The molecule has 0 aromatic carbocycles. The molecule has 0 aliphatic carbocycles. The van der Waals surface area contributed by atoms with E-state index in [-0.39, 0.29) is 6.29 Å². The number of carbonyl (C=O) groups is 1. The Labute approximate surface area is 130 Å². The summed E-state index contributed by atoms with van der Waals surface area (Å²) in [5.74, 6) is 0. The third kappa shape index (κ3) is 4.87. The van der Waals surface area contributed by atoms with Crippen molar-refractivity contribution < 1.29 is 55.1 Å². The molecule has 4 unspecified atom stereocenters. The van der Waals surface area contributed by atoms with E-state index in [1.54, 1.807) is 0 Å². The molecule has 1 aliphatic rings. The maximum Gasteiger partial charge on any atom is 0.186 e. The largest absolute Gasteiger partial charge is 0.394 e. The summed E-state index contributed by atoms with van der Waals surface area (Å²) in [7, 11) is 0. The Balaban J connectivity index is 2.57. The van der Waals surface area contributed by atoms with Crippen LogP contribution >= 0.6 is 0 Å². The molecule has 0 spiro atoms. The Bertz CT molecular complexity index is 365. The molecule has 11 heteroatoms. The number of rotatable bonds is 8. The molecule has 0 aromatic rings. The van der Waals surface area contributed by atoms with Gasteiger partial charge in [0, 0.05) is 0 Å². The second kappa shape index (κ2) is 8.94. The minimum Gasteiger partial charge on any atom is -0.394 e. The van der Waals surface area contributed by atoms with E-state index in [0.29, 0.717) is 0 Å². The number of hydrogen-bond acceptors (Lipinski definition) is 11. The molecule has 1 fully saturated rings. The fourth-order valence-electron chi connectivity index (χ4n) is 2.01. The first-order valence-corrected chi connectivity index (χ1v) is 6.84. The normalized spacial score (nSPS) is 37.0. The van der Waals surface area contributed by atoms with Crippen molar-refractivity contribution in [1.29, 1.82) is 0 Å². The van der Waals surface area contributed by atoms with Gasteiger partial charge in [0.2, 0.25) is 0 Å². The van der Waals surface area contributed by atoms with Crippen LogP contribution in [-0.4, -0.2) is 115 Å². The minimum absolute atomic E-state index is 0.0287. The average molecular weight is 342 g/mol. The van der Waals surface area contributed by atoms with Crippen molar-refractivity contribution in [3.05, 3.63) is 0 Å². The highest BCUT2D eigenvalue weighted by Crippen LogP contribution is 2.22. The highest BCUT2D eigenvalue weighted by atomic mass is 16.7. The van der Waals surface area contributed by atoms with Crippen molar-refractivity contribution in [2.45, 2.75) is 55.1 Å². The lowest BCUT2D eigenvalue weighted by atomic mass is 9.99. The molecule has 0 bridgehead atoms. The van der Waals surface area contributed by atoms with Crippen LogP contribution in [0.5, 0.6) is 0 Å². The van der Waals surface area contributed by atoms with E-state index in [4.69, 9.17) is 19.7 Å². The Kier molecular flexibility index (Phi) is 7.89. The fraction of sp³-hybridized carbons (Fsp3) is 0.917. The van der Waals surface area contributed by atoms with E-state index < -0.39 is 68.3 Å². The second-order valence-corrected chi connectivity index (χ2v) is 5.21. The van der Waals surface area contributed by atoms with Crippen molar-refractivity contribution >= 4 is 6.29 Å². The minimum atomic E-state index is -1.96. The van der Waals surface area contributed by atoms with Gasteiger partial charge in [0.05, 0.1) is 13.2 Å². The van der Waals surface area contributed by atoms with E-state index in [0.717, 1.165) is 0 Å². The first-order valence-electron chi connectivity index (χ1n) is 6.84. The number of aliphatic hydroxyl groups is 8. The quantitative estimate of drug-likeness (QED) is 0.196. The molecule has 8 N–H and O–H groups in total. The van der Waals surface area contributed by atoms with Crippen LogP contribution in [0, 0.1) is 0 Å². The van der Waals surface area contributed by atoms with Crippen molar-refractivity contribution in [2.75, 3.05) is 13.2 Å². The van der Waals surface area contributed by atoms with Crippen LogP contribution in [0.1, 0.15) is 0 Å². The first-order chi connectivity index (χ1) is 10.7. The van der Waals surface area contributed by atoms with Crippen LogP contribution in [0.4, 0.5) is 0 Å². The van der Waals surface area contributed by atoms with Crippen LogP contribution in [0.2, 0.25) is 0 Å². The van der Waals surface area contributed by atoms with Crippen LogP contribution in [0.3, 0.4) is 0 Å². The zero-order valence-electron chi connectivity index (χ0n) is 12.0. The monoisotopic (exact) mass is 342 g/mol. The van der Waals surface area contributed by atoms with Gasteiger partial charge in [-0.2, -0.15) is 0 Å². The van der Waals surface area contributed by atoms with Crippen LogP contribution in [0.15, 0.2) is 0 Å². The molecule has 1 saturated heterocycles. The van der Waals surface area contributed by atoms with Gasteiger partial charge in [-0.3, -0.25) is 0 Å². The Hall–Kier alpha value is -0.730. The van der Waals surface area contributed by atoms with Gasteiger partial charge in [0.25, 0.3) is 0 Å². The predicted molar refractivity (Wildman–Crippen MR) is 69.8 cm³/mol. The number of hydrogen-bond donors (Lipinski definition) is 8. The smallest absolute Gasteiger partial charge is 0.186 e. The van der Waals surface area contributed by atoms with Gasteiger partial charge in [0.1, 0.15) is 48.8 Å². The Morgan fingerprint density at radius 1 is 1.00 bits per heavy atom. The van der Waals surface area contributed by atoms with Gasteiger partial charge in [-0.15, -0.1) is 0 Å². The predicted octanol–water partition coefficient (Wildman–Crippen LogP) is -5.55. The van der Waals surface area contributed by atoms with Crippen molar-refractivity contribution in [3.8, 4) is 0 Å². The number of aliphatic hydroxyl groups excluding tert-OH is 8. The Morgan fingerprint density at radius 3 is 2.13 bits per heavy atom. The highest BCUT2D eigenvalue weighted by molar-refractivity contribution is 5.56. The van der Waals surface area contributed by atoms with Crippen LogP contribution in [0.25, 0.3) is 0 Å². The van der Waals surface area contributed by atoms with Gasteiger partial charge in [0.15, 0.2) is 12.6 Å². The van der Waals surface area contributed by atoms with Gasteiger partial charge in [-0.25, -0.2) is 0 Å². The summed E-state index contributed by atoms with van der Waals surface area (Å²) in [5.41, 5.74) is 0. The molecule has 136 valence electrons. The number of aldehydes is 1. The standard InChI is InChI=1S/C12H22O11/c13-1-4(15)7(17)8(18)5(16)3-22-12-11(21)10(20)9(19)6(2-14)23-12/h1,4-12,14-21H,2-3H2/t4?,5?,6-,7?,8?,9-,10+,11-,12+/m1/s1. The number of carbonyl (C=O) groups excluding carboxylic acids is 1. The van der Waals surface area contributed by atoms with Crippen LogP contribution in [-0.2, 0) is 14.3 Å². The Morgan fingerprint density at radius 2 is 1.61 bits per heavy atom. The molecule has 23 heavy (non-hydrogen) atoms. The fourth-order valence-corrected chi connectivity index (χ4v) is 2.01. The first kappa shape index (κ1) is 20.3. The SMILES string of the molecule is O=CC(O)C(O)C(O)C(O)CO[C@H]1O[C@H](CO)[C@@H](O)[C@H](O)[C@H]1O. The summed E-state index contributed by atoms with van der Waals surface area (Å²) in [6.07, 6.45) is -15.3. The summed E-state index contributed by atoms with van der Waals surface area (Å²) < 4.78 is 9.94. The third-order valence-electron chi connectivity index (χ3n) is 3.51. The summed E-state index contributed by atoms with van der Waals surface area (Å²) in [6, 6.07) is 0. The zero-order chi connectivity index (χ0) is 17.7. The van der Waals surface area contributed by atoms with E-state index in [1.165, 1.54) is 0 Å². The third-order valence-corrected chi connectivity index (χ3v) is 3.51. The highest BCUT2D eigenvalue weighted by Gasteiger charge is 2.44. The molecule has 1 heterocycles. The molecular formula is C12H22O11. The lowest BCUT2D eigenvalue weighted by Crippen LogP contribution is -2.59. The maximum atomic E-state index is 10.3.